The van der Waals surface area contributed by atoms with Crippen LogP contribution in [0, 0.1) is 5.92 Å². The Bertz CT molecular complexity index is 427. The largest absolute Gasteiger partial charge is 0.481 e. The van der Waals surface area contributed by atoms with Crippen molar-refractivity contribution in [2.75, 3.05) is 0 Å². The van der Waals surface area contributed by atoms with Gasteiger partial charge in [-0.25, -0.2) is 9.59 Å². The quantitative estimate of drug-likeness (QED) is 0.598. The maximum Gasteiger partial charge on any atom is 0.349 e. The summed E-state index contributed by atoms with van der Waals surface area (Å²) in [4.78, 5) is 34.6. The Balaban J connectivity index is 3.02. The molecule has 1 N–H and O–H groups in total. The second-order valence-electron chi connectivity index (χ2n) is 4.91. The van der Waals surface area contributed by atoms with E-state index in [1.165, 1.54) is 6.92 Å². The maximum atomic E-state index is 11.7. The van der Waals surface area contributed by atoms with Crippen molar-refractivity contribution >= 4 is 17.9 Å². The monoisotopic (exact) mass is 270 g/mol. The molecular weight excluding hydrogens is 252 g/mol. The van der Waals surface area contributed by atoms with Crippen LogP contribution in [0.5, 0.6) is 0 Å². The molecule has 3 atom stereocenters. The van der Waals surface area contributed by atoms with Crippen LogP contribution in [-0.4, -0.2) is 34.7 Å². The topological polar surface area (TPSA) is 89.9 Å². The fourth-order valence-corrected chi connectivity index (χ4v) is 2.23. The van der Waals surface area contributed by atoms with E-state index in [9.17, 15) is 19.5 Å². The zero-order valence-electron chi connectivity index (χ0n) is 11.3. The van der Waals surface area contributed by atoms with Gasteiger partial charge >= 0.3 is 17.9 Å². The van der Waals surface area contributed by atoms with Crippen molar-refractivity contribution in [1.29, 1.82) is 0 Å². The van der Waals surface area contributed by atoms with Gasteiger partial charge in [-0.3, -0.25) is 4.79 Å². The lowest BCUT2D eigenvalue weighted by Gasteiger charge is -2.27. The molecule has 0 aromatic heterocycles. The van der Waals surface area contributed by atoms with E-state index in [0.717, 1.165) is 0 Å². The average molecular weight is 270 g/mol. The fraction of sp³-hybridized carbons (Fsp3) is 0.615. The second kappa shape index (κ2) is 5.42. The third-order valence-corrected chi connectivity index (χ3v) is 3.12. The summed E-state index contributed by atoms with van der Waals surface area (Å²) in [6.45, 7) is 8.21. The summed E-state index contributed by atoms with van der Waals surface area (Å²) >= 11 is 0. The number of carboxylic acids is 1. The first kappa shape index (κ1) is 15.2. The molecule has 0 amide bonds. The molecule has 19 heavy (non-hydrogen) atoms. The highest BCUT2D eigenvalue weighted by molar-refractivity contribution is 5.93. The highest BCUT2D eigenvalue weighted by Gasteiger charge is 2.58. The molecule has 0 bridgehead atoms. The lowest BCUT2D eigenvalue weighted by Crippen LogP contribution is -2.42. The molecule has 0 spiro atoms. The molecule has 0 aromatic carbocycles. The van der Waals surface area contributed by atoms with Crippen LogP contribution in [-0.2, 0) is 23.9 Å². The Kier molecular flexibility index (Phi) is 4.34. The Hall–Kier alpha value is -1.85. The molecule has 1 fully saturated rings. The first-order valence-electron chi connectivity index (χ1n) is 6.05. The first-order chi connectivity index (χ1) is 8.73. The van der Waals surface area contributed by atoms with Gasteiger partial charge in [-0.1, -0.05) is 19.9 Å². The molecule has 1 rings (SSSR count). The van der Waals surface area contributed by atoms with E-state index < -0.39 is 35.5 Å². The van der Waals surface area contributed by atoms with Crippen molar-refractivity contribution in [3.8, 4) is 0 Å². The molecule has 0 radical (unpaired) electrons. The molecule has 1 aliphatic heterocycles. The number of esters is 2. The third-order valence-electron chi connectivity index (χ3n) is 3.12. The van der Waals surface area contributed by atoms with Gasteiger partial charge in [-0.15, -0.1) is 0 Å². The van der Waals surface area contributed by atoms with Gasteiger partial charge in [-0.2, -0.15) is 0 Å². The van der Waals surface area contributed by atoms with Crippen molar-refractivity contribution in [3.05, 3.63) is 12.2 Å². The van der Waals surface area contributed by atoms with Crippen LogP contribution in [0.1, 0.15) is 33.6 Å². The van der Waals surface area contributed by atoms with Gasteiger partial charge in [0.2, 0.25) is 6.10 Å². The molecule has 1 saturated heterocycles. The highest BCUT2D eigenvalue weighted by atomic mass is 16.6. The van der Waals surface area contributed by atoms with Gasteiger partial charge in [-0.05, 0) is 20.3 Å². The number of ether oxygens (including phenoxy) is 2. The van der Waals surface area contributed by atoms with Crippen LogP contribution in [0.25, 0.3) is 0 Å². The Morgan fingerprint density at radius 2 is 2.11 bits per heavy atom. The van der Waals surface area contributed by atoms with Crippen molar-refractivity contribution in [3.63, 3.8) is 0 Å². The molecule has 3 unspecified atom stereocenters. The highest BCUT2D eigenvalue weighted by Crippen LogP contribution is 2.38. The minimum atomic E-state index is -1.42. The fourth-order valence-electron chi connectivity index (χ4n) is 2.23. The van der Waals surface area contributed by atoms with Gasteiger partial charge in [0.25, 0.3) is 0 Å². The summed E-state index contributed by atoms with van der Waals surface area (Å²) < 4.78 is 10.0. The van der Waals surface area contributed by atoms with E-state index >= 15 is 0 Å². The van der Waals surface area contributed by atoms with E-state index in [2.05, 4.69) is 6.58 Å². The van der Waals surface area contributed by atoms with Gasteiger partial charge in [0.05, 0.1) is 0 Å². The van der Waals surface area contributed by atoms with E-state index in [0.29, 0.717) is 12.8 Å². The number of carboxylic acid groups (broad SMARTS) is 1. The van der Waals surface area contributed by atoms with Crippen molar-refractivity contribution in [2.45, 2.75) is 45.3 Å². The van der Waals surface area contributed by atoms with Gasteiger partial charge in [0.1, 0.15) is 11.5 Å². The lowest BCUT2D eigenvalue weighted by molar-refractivity contribution is -0.161. The number of hydrogen-bond acceptors (Lipinski definition) is 5. The molecule has 106 valence electrons. The number of carbonyl (C=O) groups is 3. The summed E-state index contributed by atoms with van der Waals surface area (Å²) in [6.07, 6.45) is -0.385. The molecule has 0 saturated carbocycles. The van der Waals surface area contributed by atoms with E-state index in [1.54, 1.807) is 6.92 Å². The summed E-state index contributed by atoms with van der Waals surface area (Å²) in [5.74, 6) is -4.04. The van der Waals surface area contributed by atoms with Crippen LogP contribution in [0.2, 0.25) is 0 Å². The second-order valence-corrected chi connectivity index (χ2v) is 4.91. The van der Waals surface area contributed by atoms with E-state index in [4.69, 9.17) is 9.47 Å². The third kappa shape index (κ3) is 2.94. The maximum absolute atomic E-state index is 11.7. The number of carbonyl (C=O) groups excluding carboxylic acids is 2. The Morgan fingerprint density at radius 1 is 1.53 bits per heavy atom. The average Bonchev–Trinajstić information content (AvgIpc) is 2.50. The number of rotatable bonds is 5. The minimum Gasteiger partial charge on any atom is -0.481 e. The van der Waals surface area contributed by atoms with E-state index in [1.807, 2.05) is 6.92 Å². The zero-order chi connectivity index (χ0) is 14.8. The minimum absolute atomic E-state index is 0.0982. The molecular formula is C13H18O6. The SMILES string of the molecule is C=C(C)C(=O)OC1C(=O)OC(C)(CCC)C1C(=O)O. The predicted octanol–water partition coefficient (Wildman–Crippen LogP) is 1.29. The van der Waals surface area contributed by atoms with Gasteiger partial charge in [0.15, 0.2) is 0 Å². The van der Waals surface area contributed by atoms with E-state index in [-0.39, 0.29) is 5.57 Å². The normalized spacial score (nSPS) is 29.7. The van der Waals surface area contributed by atoms with Crippen LogP contribution in [0.4, 0.5) is 0 Å². The van der Waals surface area contributed by atoms with Crippen LogP contribution >= 0.6 is 0 Å². The molecule has 1 aliphatic rings. The predicted molar refractivity (Wildman–Crippen MR) is 65.2 cm³/mol. The lowest BCUT2D eigenvalue weighted by atomic mass is 9.84. The first-order valence-corrected chi connectivity index (χ1v) is 6.05. The van der Waals surface area contributed by atoms with Crippen LogP contribution in [0.15, 0.2) is 12.2 Å². The number of aliphatic carboxylic acids is 1. The molecule has 0 aromatic rings. The molecule has 0 aliphatic carbocycles. The smallest absolute Gasteiger partial charge is 0.349 e. The van der Waals surface area contributed by atoms with Crippen LogP contribution < -0.4 is 0 Å². The molecule has 1 heterocycles. The Labute approximate surface area is 111 Å². The Morgan fingerprint density at radius 3 is 2.53 bits per heavy atom. The molecule has 6 heteroatoms. The van der Waals surface area contributed by atoms with Gasteiger partial charge in [0, 0.05) is 5.57 Å². The van der Waals surface area contributed by atoms with Gasteiger partial charge < -0.3 is 14.6 Å². The number of hydrogen-bond donors (Lipinski definition) is 1. The summed E-state index contributed by atoms with van der Waals surface area (Å²) in [7, 11) is 0. The van der Waals surface area contributed by atoms with Crippen LogP contribution in [0.3, 0.4) is 0 Å². The standard InChI is InChI=1S/C13H18O6/c1-5-6-13(4)8(10(14)15)9(12(17)19-13)18-11(16)7(2)3/h8-9H,2,5-6H2,1,3-4H3,(H,14,15). The van der Waals surface area contributed by atoms with Crippen molar-refractivity contribution < 1.29 is 29.0 Å². The summed E-state index contributed by atoms with van der Waals surface area (Å²) in [5, 5.41) is 9.27. The number of cyclic esters (lactones) is 1. The summed E-state index contributed by atoms with van der Waals surface area (Å²) in [5.41, 5.74) is -1.06. The summed E-state index contributed by atoms with van der Waals surface area (Å²) in [6, 6.07) is 0. The van der Waals surface area contributed by atoms with Crippen molar-refractivity contribution in [2.24, 2.45) is 5.92 Å². The van der Waals surface area contributed by atoms with Crippen molar-refractivity contribution in [1.82, 2.24) is 0 Å². The zero-order valence-corrected chi connectivity index (χ0v) is 11.3. The molecule has 6 nitrogen and oxygen atoms in total.